The van der Waals surface area contributed by atoms with Gasteiger partial charge in [-0.15, -0.1) is 0 Å². The zero-order chi connectivity index (χ0) is 11.4. The molecular weight excluding hydrogens is 209 g/mol. The Bertz CT molecular complexity index is 362. The molecule has 4 nitrogen and oxygen atoms in total. The van der Waals surface area contributed by atoms with Crippen molar-refractivity contribution in [2.45, 2.75) is 12.8 Å². The number of carbonyl (C=O) groups excluding carboxylic acids is 1. The molecule has 5 heteroatoms. The van der Waals surface area contributed by atoms with E-state index < -0.39 is 0 Å². The average Bonchev–Trinajstić information content (AvgIpc) is 3.10. The van der Waals surface area contributed by atoms with Gasteiger partial charge >= 0.3 is 0 Å². The Hall–Kier alpha value is -1.65. The van der Waals surface area contributed by atoms with E-state index in [9.17, 15) is 9.18 Å². The number of hydrogen-bond acceptors (Lipinski definition) is 3. The van der Waals surface area contributed by atoms with Crippen LogP contribution in [0.4, 0.5) is 10.2 Å². The number of pyridine rings is 1. The van der Waals surface area contributed by atoms with Crippen LogP contribution in [-0.2, 0) is 4.79 Å². The van der Waals surface area contributed by atoms with Crippen LogP contribution in [0.2, 0.25) is 0 Å². The average molecular weight is 223 g/mol. The van der Waals surface area contributed by atoms with Gasteiger partial charge in [0.25, 0.3) is 0 Å². The van der Waals surface area contributed by atoms with Crippen molar-refractivity contribution in [2.75, 3.05) is 18.4 Å². The zero-order valence-corrected chi connectivity index (χ0v) is 8.87. The predicted octanol–water partition coefficient (Wildman–Crippen LogP) is 1.16. The summed E-state index contributed by atoms with van der Waals surface area (Å²) in [6.07, 6.45) is 3.18. The summed E-state index contributed by atoms with van der Waals surface area (Å²) in [5.41, 5.74) is 0. The molecule has 0 atom stereocenters. The lowest BCUT2D eigenvalue weighted by atomic mass is 10.4. The Kier molecular flexibility index (Phi) is 3.34. The van der Waals surface area contributed by atoms with E-state index in [0.717, 1.165) is 19.0 Å². The Morgan fingerprint density at radius 3 is 2.88 bits per heavy atom. The number of hydrogen-bond donors (Lipinski definition) is 2. The number of rotatable bonds is 5. The summed E-state index contributed by atoms with van der Waals surface area (Å²) in [5.74, 6) is 0.632. The highest BCUT2D eigenvalue weighted by Gasteiger charge is 2.28. The van der Waals surface area contributed by atoms with E-state index in [0.29, 0.717) is 18.9 Å². The minimum Gasteiger partial charge on any atom is -0.368 e. The lowest BCUT2D eigenvalue weighted by Gasteiger charge is -2.06. The fourth-order valence-electron chi connectivity index (χ4n) is 1.35. The SMILES string of the molecule is O=C(NCCNc1ccc(F)cn1)C1CC1. The van der Waals surface area contributed by atoms with Gasteiger partial charge in [-0.25, -0.2) is 9.37 Å². The van der Waals surface area contributed by atoms with Crippen molar-refractivity contribution in [2.24, 2.45) is 5.92 Å². The first-order valence-corrected chi connectivity index (χ1v) is 5.39. The molecule has 0 radical (unpaired) electrons. The minimum atomic E-state index is -0.354. The molecule has 1 fully saturated rings. The summed E-state index contributed by atoms with van der Waals surface area (Å²) in [4.78, 5) is 15.1. The fraction of sp³-hybridized carbons (Fsp3) is 0.455. The zero-order valence-electron chi connectivity index (χ0n) is 8.87. The van der Waals surface area contributed by atoms with Crippen molar-refractivity contribution in [3.63, 3.8) is 0 Å². The molecule has 16 heavy (non-hydrogen) atoms. The van der Waals surface area contributed by atoms with Crippen molar-refractivity contribution >= 4 is 11.7 Å². The van der Waals surface area contributed by atoms with Gasteiger partial charge in [0.15, 0.2) is 0 Å². The van der Waals surface area contributed by atoms with E-state index in [2.05, 4.69) is 15.6 Å². The molecule has 0 aromatic carbocycles. The number of anilines is 1. The van der Waals surface area contributed by atoms with Crippen LogP contribution < -0.4 is 10.6 Å². The number of nitrogens with zero attached hydrogens (tertiary/aromatic N) is 1. The summed E-state index contributed by atoms with van der Waals surface area (Å²) in [5, 5.41) is 5.82. The lowest BCUT2D eigenvalue weighted by Crippen LogP contribution is -2.29. The van der Waals surface area contributed by atoms with Gasteiger partial charge < -0.3 is 10.6 Å². The highest BCUT2D eigenvalue weighted by molar-refractivity contribution is 5.80. The van der Waals surface area contributed by atoms with Crippen molar-refractivity contribution in [3.05, 3.63) is 24.1 Å². The second-order valence-electron chi connectivity index (χ2n) is 3.85. The van der Waals surface area contributed by atoms with Crippen LogP contribution in [0.15, 0.2) is 18.3 Å². The summed E-state index contributed by atoms with van der Waals surface area (Å²) in [6.45, 7) is 1.16. The monoisotopic (exact) mass is 223 g/mol. The highest BCUT2D eigenvalue weighted by Crippen LogP contribution is 2.28. The number of amides is 1. The molecule has 0 aliphatic heterocycles. The van der Waals surface area contributed by atoms with E-state index in [1.165, 1.54) is 6.07 Å². The maximum atomic E-state index is 12.5. The van der Waals surface area contributed by atoms with Gasteiger partial charge in [-0.1, -0.05) is 0 Å². The first kappa shape index (κ1) is 10.9. The molecule has 1 aliphatic rings. The molecule has 2 N–H and O–H groups in total. The second-order valence-corrected chi connectivity index (χ2v) is 3.85. The molecule has 0 bridgehead atoms. The van der Waals surface area contributed by atoms with Crippen molar-refractivity contribution < 1.29 is 9.18 Å². The molecule has 1 saturated carbocycles. The molecule has 0 unspecified atom stereocenters. The van der Waals surface area contributed by atoms with Gasteiger partial charge in [-0.05, 0) is 25.0 Å². The van der Waals surface area contributed by atoms with Crippen LogP contribution in [0.5, 0.6) is 0 Å². The van der Waals surface area contributed by atoms with Gasteiger partial charge in [0.2, 0.25) is 5.91 Å². The third kappa shape index (κ3) is 3.18. The first-order valence-electron chi connectivity index (χ1n) is 5.39. The Balaban J connectivity index is 1.63. The number of nitrogens with one attached hydrogen (secondary N) is 2. The Morgan fingerprint density at radius 1 is 1.44 bits per heavy atom. The Labute approximate surface area is 93.3 Å². The predicted molar refractivity (Wildman–Crippen MR) is 58.4 cm³/mol. The van der Waals surface area contributed by atoms with Gasteiger partial charge in [-0.2, -0.15) is 0 Å². The molecule has 1 amide bonds. The molecule has 2 rings (SSSR count). The molecule has 1 aliphatic carbocycles. The van der Waals surface area contributed by atoms with Crippen LogP contribution in [0.3, 0.4) is 0 Å². The van der Waals surface area contributed by atoms with Crippen LogP contribution in [-0.4, -0.2) is 24.0 Å². The lowest BCUT2D eigenvalue weighted by molar-refractivity contribution is -0.122. The van der Waals surface area contributed by atoms with Crippen molar-refractivity contribution in [1.82, 2.24) is 10.3 Å². The quantitative estimate of drug-likeness (QED) is 0.736. The van der Waals surface area contributed by atoms with E-state index in [1.807, 2.05) is 0 Å². The second kappa shape index (κ2) is 4.92. The smallest absolute Gasteiger partial charge is 0.223 e. The highest BCUT2D eigenvalue weighted by atomic mass is 19.1. The molecule has 1 heterocycles. The summed E-state index contributed by atoms with van der Waals surface area (Å²) in [7, 11) is 0. The van der Waals surface area contributed by atoms with E-state index >= 15 is 0 Å². The standard InChI is InChI=1S/C11H14FN3O/c12-9-3-4-10(15-7-9)13-5-6-14-11(16)8-1-2-8/h3-4,7-8H,1-2,5-6H2,(H,13,15)(H,14,16). The third-order valence-electron chi connectivity index (χ3n) is 2.41. The van der Waals surface area contributed by atoms with Crippen LogP contribution in [0, 0.1) is 11.7 Å². The van der Waals surface area contributed by atoms with Crippen molar-refractivity contribution in [1.29, 1.82) is 0 Å². The first-order chi connectivity index (χ1) is 7.75. The molecular formula is C11H14FN3O. The normalized spacial score (nSPS) is 14.6. The molecule has 86 valence electrons. The molecule has 0 saturated heterocycles. The maximum Gasteiger partial charge on any atom is 0.223 e. The number of carbonyl (C=O) groups is 1. The largest absolute Gasteiger partial charge is 0.368 e. The van der Waals surface area contributed by atoms with E-state index in [1.54, 1.807) is 6.07 Å². The molecule has 0 spiro atoms. The molecule has 1 aromatic rings. The van der Waals surface area contributed by atoms with Crippen LogP contribution in [0.25, 0.3) is 0 Å². The van der Waals surface area contributed by atoms with Gasteiger partial charge in [0, 0.05) is 19.0 Å². The Morgan fingerprint density at radius 2 is 2.25 bits per heavy atom. The molecule has 1 aromatic heterocycles. The maximum absolute atomic E-state index is 12.5. The van der Waals surface area contributed by atoms with Crippen molar-refractivity contribution in [3.8, 4) is 0 Å². The number of halogens is 1. The summed E-state index contributed by atoms with van der Waals surface area (Å²) in [6, 6.07) is 2.91. The van der Waals surface area contributed by atoms with Crippen LogP contribution in [0.1, 0.15) is 12.8 Å². The topological polar surface area (TPSA) is 54.0 Å². The van der Waals surface area contributed by atoms with E-state index in [-0.39, 0.29) is 17.6 Å². The van der Waals surface area contributed by atoms with E-state index in [4.69, 9.17) is 0 Å². The number of aromatic nitrogens is 1. The summed E-state index contributed by atoms with van der Waals surface area (Å²) < 4.78 is 12.5. The van der Waals surface area contributed by atoms with Crippen LogP contribution >= 0.6 is 0 Å². The summed E-state index contributed by atoms with van der Waals surface area (Å²) >= 11 is 0. The fourth-order valence-corrected chi connectivity index (χ4v) is 1.35. The van der Waals surface area contributed by atoms with Gasteiger partial charge in [0.1, 0.15) is 11.6 Å². The van der Waals surface area contributed by atoms with Gasteiger partial charge in [-0.3, -0.25) is 4.79 Å². The third-order valence-corrected chi connectivity index (χ3v) is 2.41. The minimum absolute atomic E-state index is 0.133. The van der Waals surface area contributed by atoms with Gasteiger partial charge in [0.05, 0.1) is 6.20 Å².